The molecule has 0 spiro atoms. The van der Waals surface area contributed by atoms with Crippen LogP contribution < -0.4 is 16.0 Å². The summed E-state index contributed by atoms with van der Waals surface area (Å²) >= 11 is 0. The highest BCUT2D eigenvalue weighted by molar-refractivity contribution is 6.23. The summed E-state index contributed by atoms with van der Waals surface area (Å²) in [6.45, 7) is 0. The molecule has 8 heteroatoms. The number of nitrogens with one attached hydrogen (secondary N) is 3. The Hall–Kier alpha value is -10.4. The molecule has 4 unspecified atom stereocenters. The van der Waals surface area contributed by atoms with Gasteiger partial charge in [0.25, 0.3) is 0 Å². The predicted molar refractivity (Wildman–Crippen MR) is 347 cm³/mol. The third-order valence-corrected chi connectivity index (χ3v) is 17.3. The van der Waals surface area contributed by atoms with Gasteiger partial charge in [-0.2, -0.15) is 0 Å². The zero-order valence-corrected chi connectivity index (χ0v) is 46.1. The Labute approximate surface area is 487 Å². The van der Waals surface area contributed by atoms with Gasteiger partial charge >= 0.3 is 0 Å². The molecular weight excluding hydrogens is 1020 g/mol. The lowest BCUT2D eigenvalue weighted by molar-refractivity contribution is 0.339. The van der Waals surface area contributed by atoms with Crippen LogP contribution >= 0.6 is 0 Å². The Morgan fingerprint density at radius 1 is 0.488 bits per heavy atom. The maximum Gasteiger partial charge on any atom is 0.155 e. The van der Waals surface area contributed by atoms with Gasteiger partial charge in [0.2, 0.25) is 0 Å². The minimum absolute atomic E-state index is 0.227. The molecule has 0 saturated carbocycles. The number of rotatable bonds is 10. The van der Waals surface area contributed by atoms with Gasteiger partial charge in [-0.15, -0.1) is 0 Å². The average molecular weight is 1080 g/mol. The smallest absolute Gasteiger partial charge is 0.155 e. The van der Waals surface area contributed by atoms with Crippen molar-refractivity contribution in [2.24, 2.45) is 20.9 Å². The molecule has 2 aliphatic heterocycles. The Morgan fingerprint density at radius 2 is 1.15 bits per heavy atom. The first-order chi connectivity index (χ1) is 41.6. The van der Waals surface area contributed by atoms with Gasteiger partial charge in [0.05, 0.1) is 16.6 Å². The quantitative estimate of drug-likeness (QED) is 0.128. The van der Waals surface area contributed by atoms with Crippen molar-refractivity contribution < 1.29 is 0 Å². The molecule has 10 aromatic carbocycles. The molecule has 402 valence electrons. The van der Waals surface area contributed by atoms with E-state index in [-0.39, 0.29) is 18.2 Å². The highest BCUT2D eigenvalue weighted by Crippen LogP contribution is 2.47. The summed E-state index contributed by atoms with van der Waals surface area (Å²) in [5.74, 6) is 2.11. The second-order valence-corrected chi connectivity index (χ2v) is 22.3. The van der Waals surface area contributed by atoms with Crippen molar-refractivity contribution in [3.8, 4) is 27.9 Å². The lowest BCUT2D eigenvalue weighted by atomic mass is 9.86. The van der Waals surface area contributed by atoms with Gasteiger partial charge in [0.15, 0.2) is 5.84 Å². The van der Waals surface area contributed by atoms with Crippen LogP contribution in [-0.2, 0) is 6.42 Å². The zero-order valence-electron chi connectivity index (χ0n) is 46.1. The van der Waals surface area contributed by atoms with E-state index in [0.29, 0.717) is 12.3 Å². The number of fused-ring (bicyclic) bond motifs is 8. The number of amidine groups is 3. The first-order valence-electron chi connectivity index (χ1n) is 29.3. The number of hydrogen-bond acceptors (Lipinski definition) is 6. The molecule has 2 aromatic heterocycles. The van der Waals surface area contributed by atoms with Crippen LogP contribution in [0.1, 0.15) is 58.7 Å². The molecule has 4 atom stereocenters. The summed E-state index contributed by atoms with van der Waals surface area (Å²) < 4.78 is 5.12. The summed E-state index contributed by atoms with van der Waals surface area (Å²) in [4.78, 5) is 16.8. The summed E-state index contributed by atoms with van der Waals surface area (Å²) in [7, 11) is 0. The van der Waals surface area contributed by atoms with E-state index in [4.69, 9.17) is 15.0 Å². The van der Waals surface area contributed by atoms with Gasteiger partial charge in [0.1, 0.15) is 30.2 Å². The molecule has 0 radical (unpaired) electrons. The summed E-state index contributed by atoms with van der Waals surface area (Å²) in [6.07, 6.45) is 10.7. The molecule has 0 amide bonds. The fourth-order valence-corrected chi connectivity index (χ4v) is 13.4. The summed E-state index contributed by atoms with van der Waals surface area (Å²) in [5, 5.41) is 18.0. The lowest BCUT2D eigenvalue weighted by Gasteiger charge is -2.39. The van der Waals surface area contributed by atoms with Crippen LogP contribution in [0.4, 0.5) is 0 Å². The molecule has 0 bridgehead atoms. The number of benzene rings is 10. The maximum absolute atomic E-state index is 5.90. The van der Waals surface area contributed by atoms with E-state index >= 15 is 0 Å². The van der Waals surface area contributed by atoms with E-state index < -0.39 is 6.17 Å². The van der Waals surface area contributed by atoms with Crippen molar-refractivity contribution in [2.45, 2.75) is 37.8 Å². The third-order valence-electron chi connectivity index (χ3n) is 17.3. The first-order valence-corrected chi connectivity index (χ1v) is 29.3. The third kappa shape index (κ3) is 8.69. The molecule has 84 heavy (non-hydrogen) atoms. The molecule has 4 aliphatic rings. The maximum atomic E-state index is 5.90. The topological polar surface area (TPSA) is 83.0 Å². The van der Waals surface area contributed by atoms with Crippen LogP contribution in [-0.4, -0.2) is 32.8 Å². The minimum Gasteiger partial charge on any atom is -0.350 e. The van der Waals surface area contributed by atoms with E-state index in [0.717, 1.165) is 74.7 Å². The Morgan fingerprint density at radius 3 is 1.96 bits per heavy atom. The molecule has 2 aliphatic carbocycles. The van der Waals surface area contributed by atoms with Crippen LogP contribution in [0.3, 0.4) is 0 Å². The molecular formula is C76H58N8. The Balaban J connectivity index is 0.933. The number of aromatic nitrogens is 2. The monoisotopic (exact) mass is 1080 g/mol. The summed E-state index contributed by atoms with van der Waals surface area (Å²) in [5.41, 5.74) is 18.4. The molecule has 12 aromatic rings. The summed E-state index contributed by atoms with van der Waals surface area (Å²) in [6, 6.07) is 89.1. The van der Waals surface area contributed by atoms with Crippen LogP contribution in [0.5, 0.6) is 0 Å². The highest BCUT2D eigenvalue weighted by Gasteiger charge is 2.39. The van der Waals surface area contributed by atoms with Crippen LogP contribution in [0.25, 0.3) is 83.2 Å². The van der Waals surface area contributed by atoms with Crippen LogP contribution in [0.2, 0.25) is 0 Å². The van der Waals surface area contributed by atoms with Crippen molar-refractivity contribution in [3.63, 3.8) is 0 Å². The fraction of sp³-hybridized carbons (Fsp3) is 0.0921. The van der Waals surface area contributed by atoms with E-state index in [1.807, 2.05) is 0 Å². The lowest BCUT2D eigenvalue weighted by Crippen LogP contribution is -2.52. The van der Waals surface area contributed by atoms with Crippen molar-refractivity contribution in [3.05, 3.63) is 306 Å². The molecule has 8 nitrogen and oxygen atoms in total. The van der Waals surface area contributed by atoms with Gasteiger partial charge in [-0.1, -0.05) is 243 Å². The normalized spacial score (nSPS) is 18.5. The van der Waals surface area contributed by atoms with Crippen molar-refractivity contribution in [2.75, 3.05) is 0 Å². The number of hydrogen-bond donors (Lipinski definition) is 3. The van der Waals surface area contributed by atoms with E-state index in [9.17, 15) is 0 Å². The predicted octanol–water partition coefficient (Wildman–Crippen LogP) is 16.8. The van der Waals surface area contributed by atoms with E-state index in [1.165, 1.54) is 66.0 Å². The minimum atomic E-state index is -0.436. The van der Waals surface area contributed by atoms with Gasteiger partial charge in [0, 0.05) is 55.8 Å². The standard InChI is InChI=1S/C76H58N8/c1-5-21-49(22-6-1)51-37-39-55(40-38-51)73-80-75(62-33-16-15-31-59(62)52-24-7-2-8-25-52)82-76(81-73)64-48-57(74-78-71(53-26-9-3-10-27-53)77-72(79-74)54-28-11-4-12-29-54)42-45-67(64)84-65-35-19-17-32-60(65)61-44-46-68-69(70(61)84)63-34-18-20-36-66(63)83(68)58-43-41-50-23-13-14-30-56(50)47-58/h1-18,20-34,36-47,64,71,75-76,82H,19,35,48H2,(H,80,81)(H,77,78,79). The van der Waals surface area contributed by atoms with Crippen molar-refractivity contribution in [1.82, 2.24) is 25.1 Å². The van der Waals surface area contributed by atoms with E-state index in [1.54, 1.807) is 0 Å². The number of aliphatic imine (C=N–C) groups is 3. The van der Waals surface area contributed by atoms with Gasteiger partial charge in [-0.3, -0.25) is 5.32 Å². The van der Waals surface area contributed by atoms with Gasteiger partial charge in [-0.05, 0) is 99.3 Å². The number of nitrogens with zero attached hydrogens (tertiary/aromatic N) is 5. The fourth-order valence-electron chi connectivity index (χ4n) is 13.4. The second kappa shape index (κ2) is 20.8. The van der Waals surface area contributed by atoms with Crippen molar-refractivity contribution in [1.29, 1.82) is 0 Å². The Kier molecular flexibility index (Phi) is 12.3. The van der Waals surface area contributed by atoms with E-state index in [2.05, 4.69) is 298 Å². The zero-order chi connectivity index (χ0) is 55.5. The number of para-hydroxylation sites is 1. The first kappa shape index (κ1) is 49.4. The molecule has 0 saturated heterocycles. The Bertz CT molecular complexity index is 4720. The molecule has 16 rings (SSSR count). The molecule has 4 heterocycles. The van der Waals surface area contributed by atoms with Crippen LogP contribution in [0.15, 0.2) is 287 Å². The molecule has 3 N–H and O–H groups in total. The van der Waals surface area contributed by atoms with Gasteiger partial charge in [-0.25, -0.2) is 15.0 Å². The average Bonchev–Trinajstić information content (AvgIpc) is 3.14. The van der Waals surface area contributed by atoms with Crippen LogP contribution in [0, 0.1) is 5.92 Å². The molecule has 0 fully saturated rings. The SMILES string of the molecule is C1=Cc2c(n(C3=CC=C(C4=NC(c5ccccc5)NC(c5ccccc5)=N4)CC3C3N=C(c4ccc(-c5ccccc5)cc4)NC(c4ccccc4-c4ccccc4)N3)c3c2ccc2c3c3ccccc3n2-c2ccc3ccccc3c2)CC1. The van der Waals surface area contributed by atoms with Crippen molar-refractivity contribution >= 4 is 72.8 Å². The van der Waals surface area contributed by atoms with Gasteiger partial charge < -0.3 is 19.8 Å². The highest BCUT2D eigenvalue weighted by atomic mass is 15.3. The second-order valence-electron chi connectivity index (χ2n) is 22.3. The largest absolute Gasteiger partial charge is 0.350 e. The number of allylic oxidation sites excluding steroid dienone is 3.